The normalized spacial score (nSPS) is 16.0. The van der Waals surface area contributed by atoms with Crippen LogP contribution in [0, 0.1) is 6.92 Å². The molecule has 22 heavy (non-hydrogen) atoms. The van der Waals surface area contributed by atoms with E-state index in [2.05, 4.69) is 5.16 Å². The van der Waals surface area contributed by atoms with Crippen LogP contribution >= 0.6 is 7.37 Å². The molecule has 0 aromatic heterocycles. The lowest BCUT2D eigenvalue weighted by Gasteiger charge is -2.23. The first-order valence-corrected chi connectivity index (χ1v) is 8.80. The number of rotatable bonds is 5. The molecule has 2 N–H and O–H groups in total. The van der Waals surface area contributed by atoms with Crippen LogP contribution in [0.5, 0.6) is 0 Å². The Morgan fingerprint density at radius 2 is 1.73 bits per heavy atom. The van der Waals surface area contributed by atoms with E-state index >= 15 is 0 Å². The summed E-state index contributed by atoms with van der Waals surface area (Å²) in [5.41, 5.74) is 1.59. The van der Waals surface area contributed by atoms with Gasteiger partial charge in [0, 0.05) is 11.7 Å². The number of oxime groups is 1. The number of nitrogens with zero attached hydrogens (tertiary/aromatic N) is 1. The molecule has 0 saturated carbocycles. The lowest BCUT2D eigenvalue weighted by atomic mass is 10.1. The van der Waals surface area contributed by atoms with Gasteiger partial charge in [0.05, 0.1) is 11.4 Å². The van der Waals surface area contributed by atoms with Gasteiger partial charge in [-0.25, -0.2) is 0 Å². The lowest BCUT2D eigenvalue weighted by Crippen LogP contribution is -2.14. The third-order valence-electron chi connectivity index (χ3n) is 3.67. The van der Waals surface area contributed by atoms with Crippen LogP contribution in [0.15, 0.2) is 59.8 Å². The average Bonchev–Trinajstić information content (AvgIpc) is 2.53. The molecule has 2 unspecified atom stereocenters. The van der Waals surface area contributed by atoms with Crippen molar-refractivity contribution >= 4 is 18.4 Å². The number of aryl methyl sites for hydroxylation is 1. The summed E-state index contributed by atoms with van der Waals surface area (Å²) in [4.78, 5) is 10.8. The van der Waals surface area contributed by atoms with E-state index in [9.17, 15) is 9.46 Å². The third kappa shape index (κ3) is 3.65. The van der Waals surface area contributed by atoms with Gasteiger partial charge < -0.3 is 10.1 Å². The first-order valence-electron chi connectivity index (χ1n) is 7.07. The second-order valence-electron chi connectivity index (χ2n) is 5.42. The molecule has 0 spiro atoms. The molecule has 0 amide bonds. The zero-order chi connectivity index (χ0) is 16.2. The van der Waals surface area contributed by atoms with Gasteiger partial charge in [0.2, 0.25) is 7.37 Å². The maximum Gasteiger partial charge on any atom is 0.237 e. The summed E-state index contributed by atoms with van der Waals surface area (Å²) >= 11 is 0. The van der Waals surface area contributed by atoms with Crippen LogP contribution in [-0.4, -0.2) is 15.8 Å². The maximum absolute atomic E-state index is 13.1. The van der Waals surface area contributed by atoms with Crippen molar-refractivity contribution in [2.75, 3.05) is 0 Å². The van der Waals surface area contributed by atoms with Crippen molar-refractivity contribution in [2.24, 2.45) is 5.16 Å². The predicted molar refractivity (Wildman–Crippen MR) is 89.3 cm³/mol. The van der Waals surface area contributed by atoms with Crippen molar-refractivity contribution in [1.29, 1.82) is 0 Å². The lowest BCUT2D eigenvalue weighted by molar-refractivity contribution is 0.317. The van der Waals surface area contributed by atoms with Crippen molar-refractivity contribution < 1.29 is 14.7 Å². The number of hydrogen-bond acceptors (Lipinski definition) is 3. The van der Waals surface area contributed by atoms with E-state index < -0.39 is 13.0 Å². The summed E-state index contributed by atoms with van der Waals surface area (Å²) in [6.45, 7) is 3.58. The largest absolute Gasteiger partial charge is 0.411 e. The molecule has 2 atom stereocenters. The van der Waals surface area contributed by atoms with Crippen LogP contribution in [0.3, 0.4) is 0 Å². The van der Waals surface area contributed by atoms with Gasteiger partial charge in [0.25, 0.3) is 0 Å². The molecular formula is C17H20NO3P. The zero-order valence-electron chi connectivity index (χ0n) is 12.7. The second kappa shape index (κ2) is 6.91. The summed E-state index contributed by atoms with van der Waals surface area (Å²) in [5, 5.41) is 12.5. The van der Waals surface area contributed by atoms with Crippen LogP contribution < -0.4 is 5.30 Å². The summed E-state index contributed by atoms with van der Waals surface area (Å²) in [7, 11) is -3.66. The summed E-state index contributed by atoms with van der Waals surface area (Å²) in [5.74, 6) is 0. The molecule has 0 fully saturated rings. The van der Waals surface area contributed by atoms with Gasteiger partial charge in [0.1, 0.15) is 0 Å². The summed E-state index contributed by atoms with van der Waals surface area (Å²) in [6.07, 6.45) is 0.224. The fraction of sp³-hybridized carbons (Fsp3) is 0.235. The second-order valence-corrected chi connectivity index (χ2v) is 7.81. The fourth-order valence-corrected chi connectivity index (χ4v) is 4.40. The highest BCUT2D eigenvalue weighted by atomic mass is 31.2. The Kier molecular flexibility index (Phi) is 5.17. The smallest absolute Gasteiger partial charge is 0.237 e. The standard InChI is InChI=1S/C17H20NO3P/c1-13-8-10-16(11-9-13)22(20,21)17(12-14(2)18-19)15-6-4-3-5-7-15/h3-11,17,19H,12H2,1-2H3,(H,20,21). The molecular weight excluding hydrogens is 297 g/mol. The first-order chi connectivity index (χ1) is 10.4. The molecule has 2 aromatic rings. The van der Waals surface area contributed by atoms with E-state index in [1.165, 1.54) is 0 Å². The van der Waals surface area contributed by atoms with Crippen LogP contribution in [0.2, 0.25) is 0 Å². The van der Waals surface area contributed by atoms with E-state index in [0.717, 1.165) is 11.1 Å². The minimum atomic E-state index is -3.66. The SMILES string of the molecule is CC(CC(c1ccccc1)P(=O)(O)c1ccc(C)cc1)=NO. The molecule has 0 aliphatic carbocycles. The number of benzene rings is 2. The third-order valence-corrected chi connectivity index (χ3v) is 6.03. The molecule has 0 aliphatic rings. The van der Waals surface area contributed by atoms with Crippen LogP contribution in [0.4, 0.5) is 0 Å². The first kappa shape index (κ1) is 16.5. The molecule has 0 radical (unpaired) electrons. The predicted octanol–water partition coefficient (Wildman–Crippen LogP) is 3.87. The van der Waals surface area contributed by atoms with E-state index in [-0.39, 0.29) is 6.42 Å². The molecule has 5 heteroatoms. The quantitative estimate of drug-likeness (QED) is 0.380. The highest BCUT2D eigenvalue weighted by molar-refractivity contribution is 7.66. The molecule has 116 valence electrons. The van der Waals surface area contributed by atoms with Gasteiger partial charge >= 0.3 is 0 Å². The maximum atomic E-state index is 13.1. The van der Waals surface area contributed by atoms with Gasteiger partial charge in [-0.15, -0.1) is 0 Å². The highest BCUT2D eigenvalue weighted by Crippen LogP contribution is 2.56. The summed E-state index contributed by atoms with van der Waals surface area (Å²) < 4.78 is 13.1. The molecule has 4 nitrogen and oxygen atoms in total. The Labute approximate surface area is 130 Å². The Morgan fingerprint density at radius 1 is 1.14 bits per heavy atom. The van der Waals surface area contributed by atoms with E-state index in [4.69, 9.17) is 5.21 Å². The zero-order valence-corrected chi connectivity index (χ0v) is 13.6. The van der Waals surface area contributed by atoms with Gasteiger partial charge in [0.15, 0.2) is 0 Å². The van der Waals surface area contributed by atoms with Crippen molar-refractivity contribution in [3.8, 4) is 0 Å². The minimum absolute atomic E-state index is 0.224. The molecule has 0 aliphatic heterocycles. The van der Waals surface area contributed by atoms with Crippen LogP contribution in [-0.2, 0) is 4.57 Å². The highest BCUT2D eigenvalue weighted by Gasteiger charge is 2.34. The van der Waals surface area contributed by atoms with Gasteiger partial charge in [-0.05, 0) is 31.5 Å². The van der Waals surface area contributed by atoms with E-state index in [0.29, 0.717) is 11.0 Å². The molecule has 2 aromatic carbocycles. The van der Waals surface area contributed by atoms with Crippen LogP contribution in [0.25, 0.3) is 0 Å². The topological polar surface area (TPSA) is 69.9 Å². The molecule has 0 heterocycles. The fourth-order valence-electron chi connectivity index (χ4n) is 2.38. The van der Waals surface area contributed by atoms with Crippen molar-refractivity contribution in [2.45, 2.75) is 25.9 Å². The number of hydrogen-bond donors (Lipinski definition) is 2. The average molecular weight is 317 g/mol. The Morgan fingerprint density at radius 3 is 2.27 bits per heavy atom. The van der Waals surface area contributed by atoms with E-state index in [1.54, 1.807) is 19.1 Å². The van der Waals surface area contributed by atoms with Gasteiger partial charge in [-0.1, -0.05) is 53.2 Å². The van der Waals surface area contributed by atoms with Crippen molar-refractivity contribution in [3.05, 3.63) is 65.7 Å². The van der Waals surface area contributed by atoms with Gasteiger partial charge in [-0.3, -0.25) is 4.57 Å². The minimum Gasteiger partial charge on any atom is -0.411 e. The Balaban J connectivity index is 2.47. The van der Waals surface area contributed by atoms with Crippen molar-refractivity contribution in [3.63, 3.8) is 0 Å². The Hall–Kier alpha value is -1.90. The van der Waals surface area contributed by atoms with Crippen LogP contribution in [0.1, 0.15) is 30.1 Å². The van der Waals surface area contributed by atoms with E-state index in [1.807, 2.05) is 49.4 Å². The summed E-state index contributed by atoms with van der Waals surface area (Å²) in [6, 6.07) is 16.2. The Bertz CT molecular complexity index is 696. The molecule has 2 rings (SSSR count). The van der Waals surface area contributed by atoms with Crippen molar-refractivity contribution in [1.82, 2.24) is 0 Å². The monoisotopic (exact) mass is 317 g/mol. The van der Waals surface area contributed by atoms with Gasteiger partial charge in [-0.2, -0.15) is 0 Å². The molecule has 0 bridgehead atoms. The molecule has 0 saturated heterocycles.